The van der Waals surface area contributed by atoms with E-state index in [2.05, 4.69) is 15.8 Å². The van der Waals surface area contributed by atoms with E-state index in [9.17, 15) is 19.7 Å². The molecule has 3 rings (SSSR count). The van der Waals surface area contributed by atoms with Gasteiger partial charge in [0.15, 0.2) is 10.8 Å². The zero-order valence-corrected chi connectivity index (χ0v) is 13.3. The molecule has 0 aliphatic heterocycles. The highest BCUT2D eigenvalue weighted by Gasteiger charge is 2.15. The third-order valence-electron chi connectivity index (χ3n) is 3.08. The Hall–Kier alpha value is -3.53. The summed E-state index contributed by atoms with van der Waals surface area (Å²) in [5.74, 6) is -0.768. The summed E-state index contributed by atoms with van der Waals surface area (Å²) in [6.07, 6.45) is 1.50. The van der Waals surface area contributed by atoms with Crippen LogP contribution in [-0.2, 0) is 0 Å². The standard InChI is InChI=1S/C15H10N4O5S/c20-13(9-3-1-4-10(7-9)19(22)23)17-18-14(21)11-8-25-15(16-11)12-5-2-6-24-12/h1-8H,(H,17,20)(H,18,21). The molecule has 0 atom stereocenters. The lowest BCUT2D eigenvalue weighted by Gasteiger charge is -2.05. The maximum Gasteiger partial charge on any atom is 0.289 e. The predicted molar refractivity (Wildman–Crippen MR) is 87.8 cm³/mol. The lowest BCUT2D eigenvalue weighted by atomic mass is 10.2. The molecule has 2 heterocycles. The summed E-state index contributed by atoms with van der Waals surface area (Å²) in [6.45, 7) is 0. The normalized spacial score (nSPS) is 10.2. The summed E-state index contributed by atoms with van der Waals surface area (Å²) in [6, 6.07) is 8.57. The summed E-state index contributed by atoms with van der Waals surface area (Å²) >= 11 is 1.22. The second kappa shape index (κ2) is 6.93. The van der Waals surface area contributed by atoms with Gasteiger partial charge in [-0.15, -0.1) is 11.3 Å². The Morgan fingerprint density at radius 1 is 1.16 bits per heavy atom. The van der Waals surface area contributed by atoms with Gasteiger partial charge in [0.2, 0.25) is 0 Å². The van der Waals surface area contributed by atoms with Crippen molar-refractivity contribution in [1.82, 2.24) is 15.8 Å². The first-order valence-corrected chi connectivity index (χ1v) is 7.77. The number of non-ortho nitro benzene ring substituents is 1. The Balaban J connectivity index is 1.63. The van der Waals surface area contributed by atoms with Gasteiger partial charge in [-0.05, 0) is 18.2 Å². The van der Waals surface area contributed by atoms with Crippen LogP contribution >= 0.6 is 11.3 Å². The van der Waals surface area contributed by atoms with Crippen LogP contribution in [0.15, 0.2) is 52.5 Å². The molecule has 0 saturated carbocycles. The highest BCUT2D eigenvalue weighted by atomic mass is 32.1. The number of amides is 2. The molecule has 0 saturated heterocycles. The Bertz CT molecular complexity index is 935. The first-order chi connectivity index (χ1) is 12.0. The molecule has 0 unspecified atom stereocenters. The maximum absolute atomic E-state index is 12.0. The molecular weight excluding hydrogens is 348 g/mol. The minimum absolute atomic E-state index is 0.0454. The summed E-state index contributed by atoms with van der Waals surface area (Å²) in [5.41, 5.74) is 4.33. The Kier molecular flexibility index (Phi) is 4.53. The molecule has 9 nitrogen and oxygen atoms in total. The van der Waals surface area contributed by atoms with Crippen molar-refractivity contribution in [2.24, 2.45) is 0 Å². The van der Waals surface area contributed by atoms with Crippen LogP contribution in [0.2, 0.25) is 0 Å². The van der Waals surface area contributed by atoms with Gasteiger partial charge >= 0.3 is 0 Å². The van der Waals surface area contributed by atoms with Crippen molar-refractivity contribution >= 4 is 28.8 Å². The first kappa shape index (κ1) is 16.3. The number of nitro groups is 1. The molecule has 0 fully saturated rings. The van der Waals surface area contributed by atoms with Crippen LogP contribution in [0.5, 0.6) is 0 Å². The summed E-state index contributed by atoms with van der Waals surface area (Å²) in [7, 11) is 0. The van der Waals surface area contributed by atoms with Crippen molar-refractivity contribution in [2.45, 2.75) is 0 Å². The number of carbonyl (C=O) groups is 2. The number of nitrogens with zero attached hydrogens (tertiary/aromatic N) is 2. The van der Waals surface area contributed by atoms with E-state index in [-0.39, 0.29) is 16.9 Å². The minimum Gasteiger partial charge on any atom is -0.462 e. The van der Waals surface area contributed by atoms with Gasteiger partial charge in [-0.2, -0.15) is 0 Å². The van der Waals surface area contributed by atoms with Gasteiger partial charge in [0.1, 0.15) is 5.69 Å². The van der Waals surface area contributed by atoms with Crippen LogP contribution in [0.1, 0.15) is 20.8 Å². The number of hydrogen-bond donors (Lipinski definition) is 2. The van der Waals surface area contributed by atoms with E-state index in [0.717, 1.165) is 6.07 Å². The minimum atomic E-state index is -0.682. The highest BCUT2D eigenvalue weighted by molar-refractivity contribution is 7.13. The fourth-order valence-corrected chi connectivity index (χ4v) is 2.67. The molecule has 10 heteroatoms. The van der Waals surface area contributed by atoms with E-state index < -0.39 is 16.7 Å². The molecular formula is C15H10N4O5S. The predicted octanol–water partition coefficient (Wildman–Crippen LogP) is 2.39. The van der Waals surface area contributed by atoms with Crippen LogP contribution in [0.4, 0.5) is 5.69 Å². The van der Waals surface area contributed by atoms with Crippen molar-refractivity contribution in [1.29, 1.82) is 0 Å². The topological polar surface area (TPSA) is 127 Å². The smallest absolute Gasteiger partial charge is 0.289 e. The zero-order chi connectivity index (χ0) is 17.8. The molecule has 0 aliphatic rings. The summed E-state index contributed by atoms with van der Waals surface area (Å²) < 4.78 is 5.19. The maximum atomic E-state index is 12.0. The molecule has 25 heavy (non-hydrogen) atoms. The van der Waals surface area contributed by atoms with Crippen molar-refractivity contribution in [3.8, 4) is 10.8 Å². The van der Waals surface area contributed by atoms with Crippen LogP contribution < -0.4 is 10.9 Å². The van der Waals surface area contributed by atoms with Crippen LogP contribution in [0.3, 0.4) is 0 Å². The second-order valence-corrected chi connectivity index (χ2v) is 5.59. The number of hydrogen-bond acceptors (Lipinski definition) is 7. The number of aromatic nitrogens is 1. The third kappa shape index (κ3) is 3.70. The molecule has 126 valence electrons. The lowest BCUT2D eigenvalue weighted by molar-refractivity contribution is -0.384. The summed E-state index contributed by atoms with van der Waals surface area (Å²) in [5, 5.41) is 12.8. The van der Waals surface area contributed by atoms with Gasteiger partial charge in [-0.25, -0.2) is 4.98 Å². The molecule has 0 radical (unpaired) electrons. The van der Waals surface area contributed by atoms with Gasteiger partial charge in [0.05, 0.1) is 11.2 Å². The molecule has 2 aromatic heterocycles. The van der Waals surface area contributed by atoms with Gasteiger partial charge in [-0.1, -0.05) is 6.07 Å². The van der Waals surface area contributed by atoms with E-state index in [0.29, 0.717) is 10.8 Å². The van der Waals surface area contributed by atoms with E-state index >= 15 is 0 Å². The van der Waals surface area contributed by atoms with Crippen molar-refractivity contribution in [3.05, 3.63) is 69.4 Å². The molecule has 0 aliphatic carbocycles. The molecule has 1 aromatic carbocycles. The van der Waals surface area contributed by atoms with Crippen molar-refractivity contribution < 1.29 is 18.9 Å². The van der Waals surface area contributed by atoms with E-state index in [4.69, 9.17) is 4.42 Å². The van der Waals surface area contributed by atoms with Gasteiger partial charge in [-0.3, -0.25) is 30.6 Å². The van der Waals surface area contributed by atoms with Gasteiger partial charge in [0, 0.05) is 23.1 Å². The largest absolute Gasteiger partial charge is 0.462 e. The second-order valence-electron chi connectivity index (χ2n) is 4.73. The van der Waals surface area contributed by atoms with Crippen LogP contribution in [0, 0.1) is 10.1 Å². The average Bonchev–Trinajstić information content (AvgIpc) is 3.30. The number of hydrazine groups is 1. The number of thiazole rings is 1. The van der Waals surface area contributed by atoms with Crippen molar-refractivity contribution in [2.75, 3.05) is 0 Å². The Labute approximate surface area is 144 Å². The lowest BCUT2D eigenvalue weighted by Crippen LogP contribution is -2.41. The average molecular weight is 358 g/mol. The number of benzene rings is 1. The van der Waals surface area contributed by atoms with Crippen LogP contribution in [0.25, 0.3) is 10.8 Å². The van der Waals surface area contributed by atoms with E-state index in [1.165, 1.54) is 41.2 Å². The van der Waals surface area contributed by atoms with Gasteiger partial charge in [0.25, 0.3) is 17.5 Å². The van der Waals surface area contributed by atoms with E-state index in [1.807, 2.05) is 0 Å². The fourth-order valence-electron chi connectivity index (χ4n) is 1.90. The third-order valence-corrected chi connectivity index (χ3v) is 3.93. The molecule has 2 amide bonds. The molecule has 3 aromatic rings. The van der Waals surface area contributed by atoms with Crippen LogP contribution in [-0.4, -0.2) is 21.7 Å². The number of carbonyl (C=O) groups excluding carboxylic acids is 2. The van der Waals surface area contributed by atoms with E-state index in [1.54, 1.807) is 12.1 Å². The summed E-state index contributed by atoms with van der Waals surface area (Å²) in [4.78, 5) is 38.2. The molecule has 0 bridgehead atoms. The Morgan fingerprint density at radius 2 is 1.96 bits per heavy atom. The first-order valence-electron chi connectivity index (χ1n) is 6.89. The fraction of sp³-hybridized carbons (Fsp3) is 0. The number of rotatable bonds is 4. The van der Waals surface area contributed by atoms with Gasteiger partial charge < -0.3 is 4.42 Å². The zero-order valence-electron chi connectivity index (χ0n) is 12.5. The highest BCUT2D eigenvalue weighted by Crippen LogP contribution is 2.23. The van der Waals surface area contributed by atoms with Crippen molar-refractivity contribution in [3.63, 3.8) is 0 Å². The monoisotopic (exact) mass is 358 g/mol. The number of nitrogens with one attached hydrogen (secondary N) is 2. The molecule has 2 N–H and O–H groups in total. The Morgan fingerprint density at radius 3 is 2.68 bits per heavy atom. The number of furan rings is 1. The SMILES string of the molecule is O=C(NNC(=O)c1csc(-c2ccco2)n1)c1cccc([N+](=O)[O-])c1. The molecule has 0 spiro atoms. The number of nitro benzene ring substituents is 1. The quantitative estimate of drug-likeness (QED) is 0.544.